The fraction of sp³-hybridized carbons (Fsp3) is 0.836. The first-order chi connectivity index (χ1) is 38.5. The summed E-state index contributed by atoms with van der Waals surface area (Å²) in [5, 5.41) is 13.0. The van der Waals surface area contributed by atoms with E-state index in [2.05, 4.69) is 198 Å². The van der Waals surface area contributed by atoms with Crippen LogP contribution >= 0.6 is 0 Å². The molecule has 0 aromatic rings. The Bertz CT molecular complexity index is 2360. The highest BCUT2D eigenvalue weighted by molar-refractivity contribution is 6.74. The van der Waals surface area contributed by atoms with Crippen LogP contribution in [0.3, 0.4) is 0 Å². The molecule has 0 aromatic heterocycles. The Balaban J connectivity index is 1.38. The van der Waals surface area contributed by atoms with Crippen molar-refractivity contribution < 1.29 is 60.8 Å². The molecule has 0 amide bonds. The highest BCUT2D eigenvalue weighted by Crippen LogP contribution is 2.53. The molecule has 84 heavy (non-hydrogen) atoms. The Morgan fingerprint density at radius 1 is 0.738 bits per heavy atom. The number of methoxy groups -OCH3 is 2. The molecule has 1 unspecified atom stereocenters. The van der Waals surface area contributed by atoms with Gasteiger partial charge in [-0.05, 0) is 169 Å². The van der Waals surface area contributed by atoms with Gasteiger partial charge in [0.1, 0.15) is 23.6 Å². The largest absolute Gasteiger partial charge is 0.414 e. The number of carbonyl (C=O) groups excluding carboxylic acids is 1. The highest BCUT2D eigenvalue weighted by atomic mass is 28.4. The minimum absolute atomic E-state index is 0.0238. The summed E-state index contributed by atoms with van der Waals surface area (Å²) >= 11 is 0. The second-order valence-electron chi connectivity index (χ2n) is 31.9. The van der Waals surface area contributed by atoms with Crippen LogP contribution in [-0.2, 0) is 55.7 Å². The van der Waals surface area contributed by atoms with Gasteiger partial charge in [0.05, 0.1) is 67.0 Å². The standard InChI is InChI=1S/C67H120O13Si4/c1-42(2)58(77-81(17,18)19)45(5)32-33-66(69)39-49-31-30-44(4)59(75-56-37-54(70-15)61(47(7)73-56)76-57-38-55(71-16)62(48(8)74-57)79-84(25,26)65(12,13)14)43(3)28-27-29-51-41-72-63-60(78-83(23,24)64(9,10)11)46(6)34-52(53(68)36-50(35-49)40-66)67(51,63)80-82(20,21)22/h27-30,32-34,42-43,45,47-50,52,54-63,69H,31,35-41H2,1-26H3/b28-27+,33-32-,44-30+,51-29?/t43-,45-,47-,48-,49+,50+,52-,54-,55-,56-,57-,58+,59-,60+,61-,62-,63+,66?,67+/m0/s1/i32+2. The lowest BCUT2D eigenvalue weighted by molar-refractivity contribution is -0.317. The Morgan fingerprint density at radius 2 is 1.30 bits per heavy atom. The fourth-order valence-corrected chi connectivity index (χ4v) is 19.0. The van der Waals surface area contributed by atoms with Gasteiger partial charge in [0.25, 0.3) is 0 Å². The molecule has 0 spiro atoms. The van der Waals surface area contributed by atoms with Crippen molar-refractivity contribution in [2.75, 3.05) is 20.8 Å². The Kier molecular flexibility index (Phi) is 23.7. The van der Waals surface area contributed by atoms with Crippen LogP contribution in [0, 0.1) is 35.5 Å². The smallest absolute Gasteiger partial charge is 0.193 e. The molecule has 3 aliphatic heterocycles. The summed E-state index contributed by atoms with van der Waals surface area (Å²) in [6, 6.07) is 0. The van der Waals surface area contributed by atoms with E-state index in [9.17, 15) is 5.11 Å². The van der Waals surface area contributed by atoms with Crippen LogP contribution in [0.1, 0.15) is 142 Å². The van der Waals surface area contributed by atoms with Gasteiger partial charge >= 0.3 is 0 Å². The van der Waals surface area contributed by atoms with Crippen LogP contribution in [-0.4, -0.2) is 150 Å². The summed E-state index contributed by atoms with van der Waals surface area (Å²) in [7, 11) is -5.29. The van der Waals surface area contributed by atoms with Crippen LogP contribution in [0.5, 0.6) is 0 Å². The molecule has 6 rings (SSSR count). The van der Waals surface area contributed by atoms with E-state index in [1.54, 1.807) is 14.2 Å². The van der Waals surface area contributed by atoms with Crippen molar-refractivity contribution in [2.24, 2.45) is 35.5 Å². The van der Waals surface area contributed by atoms with E-state index in [1.807, 2.05) is 6.92 Å². The Morgan fingerprint density at radius 3 is 1.86 bits per heavy atom. The van der Waals surface area contributed by atoms with E-state index in [1.165, 1.54) is 0 Å². The molecule has 2 bridgehead atoms. The van der Waals surface area contributed by atoms with E-state index in [4.69, 9.17) is 50.9 Å². The number of ketones is 1. The molecule has 0 radical (unpaired) electrons. The molecule has 4 fully saturated rings. The number of ether oxygens (including phenoxy) is 7. The fourth-order valence-electron chi connectivity index (χ4n) is 13.6. The van der Waals surface area contributed by atoms with Crippen molar-refractivity contribution in [1.29, 1.82) is 0 Å². The summed E-state index contributed by atoms with van der Waals surface area (Å²) in [6.07, 6.45) is 14.8. The number of rotatable bonds is 18. The SMILES string of the molecule is CO[C@H]1C[C@H](O[C@@H]2/C(C)=C/C[C@@H]3C[C@H](CC(=O)[C@@H]4C=C(C)[C@@H](O[Si](C)(C)C(C)(C)C)[C@H]5OCC(=C/C=C/[C@@H]2C)[C@]54O[Si](C)(C)C)CC(O)(/C=[14CH]\[C@H](C)[C@H](O[Si](C)(C)C)C(C)C)C3)O[C@@H](C)[C@@H]1O[C@H]1C[C@H](OC)[C@@H](O[Si](C)(C)C(C)(C)C)[C@H](C)O1. The average molecular weight is 1250 g/mol. The lowest BCUT2D eigenvalue weighted by Gasteiger charge is -2.51. The normalized spacial score (nSPS) is 38.2. The first-order valence-electron chi connectivity index (χ1n) is 32.2. The summed E-state index contributed by atoms with van der Waals surface area (Å²) in [5.74, 6) is -0.223. The molecule has 3 aliphatic carbocycles. The number of Topliss-reactive ketones (excluding diaryl/α,β-unsaturated/α-hetero) is 1. The highest BCUT2D eigenvalue weighted by Gasteiger charge is 2.63. The van der Waals surface area contributed by atoms with Crippen LogP contribution < -0.4 is 0 Å². The number of carbonyl (C=O) groups is 1. The van der Waals surface area contributed by atoms with Crippen LogP contribution in [0.15, 0.2) is 59.3 Å². The van der Waals surface area contributed by atoms with E-state index < -0.39 is 87.4 Å². The second-order valence-corrected chi connectivity index (χ2v) is 50.3. The molecule has 3 saturated heterocycles. The summed E-state index contributed by atoms with van der Waals surface area (Å²) in [5.41, 5.74) is 0.804. The molecular weight excluding hydrogens is 1130 g/mol. The van der Waals surface area contributed by atoms with Gasteiger partial charge in [-0.1, -0.05) is 112 Å². The van der Waals surface area contributed by atoms with Crippen molar-refractivity contribution in [3.05, 3.63) is 59.3 Å². The molecule has 19 atom stereocenters. The molecule has 1 N–H and O–H groups in total. The third-order valence-corrected chi connectivity index (χ3v) is 30.8. The first kappa shape index (κ1) is 71.8. The summed E-state index contributed by atoms with van der Waals surface area (Å²) < 4.78 is 75.6. The maximum atomic E-state index is 15.7. The van der Waals surface area contributed by atoms with E-state index in [-0.39, 0.29) is 76.2 Å². The lowest BCUT2D eigenvalue weighted by atomic mass is 9.65. The molecule has 13 nitrogen and oxygen atoms in total. The van der Waals surface area contributed by atoms with Crippen molar-refractivity contribution in [3.63, 3.8) is 0 Å². The quantitative estimate of drug-likeness (QED) is 0.103. The van der Waals surface area contributed by atoms with Crippen molar-refractivity contribution >= 4 is 39.1 Å². The van der Waals surface area contributed by atoms with E-state index >= 15 is 4.79 Å². The summed E-state index contributed by atoms with van der Waals surface area (Å²) in [6.45, 7) is 53.5. The minimum atomic E-state index is -2.43. The molecule has 1 saturated carbocycles. The van der Waals surface area contributed by atoms with Gasteiger partial charge in [-0.25, -0.2) is 0 Å². The van der Waals surface area contributed by atoms with Crippen molar-refractivity contribution in [3.8, 4) is 0 Å². The van der Waals surface area contributed by atoms with Gasteiger partial charge in [-0.2, -0.15) is 0 Å². The molecular formula is C67H120O13Si4. The van der Waals surface area contributed by atoms with Gasteiger partial charge in [0.2, 0.25) is 0 Å². The van der Waals surface area contributed by atoms with Crippen molar-refractivity contribution in [1.82, 2.24) is 0 Å². The molecule has 0 aromatic carbocycles. The maximum Gasteiger partial charge on any atom is 0.193 e. The van der Waals surface area contributed by atoms with Gasteiger partial charge in [-0.15, -0.1) is 0 Å². The molecule has 6 aliphatic rings. The molecule has 3 heterocycles. The number of hydrogen-bond donors (Lipinski definition) is 1. The van der Waals surface area contributed by atoms with Gasteiger partial charge in [-0.3, -0.25) is 4.79 Å². The number of hydrogen-bond acceptors (Lipinski definition) is 13. The third kappa shape index (κ3) is 17.4. The number of aliphatic hydroxyl groups is 1. The number of allylic oxidation sites excluding steroid dienone is 3. The zero-order valence-corrected chi connectivity index (χ0v) is 61.4. The topological polar surface area (TPSA) is 139 Å². The monoisotopic (exact) mass is 1250 g/mol. The summed E-state index contributed by atoms with van der Waals surface area (Å²) in [4.78, 5) is 15.7. The molecule has 482 valence electrons. The number of fused-ring (bicyclic) bond motifs is 2. The molecule has 17 heteroatoms. The third-order valence-electron chi connectivity index (χ3n) is 19.9. The Labute approximate surface area is 515 Å². The zero-order valence-electron chi connectivity index (χ0n) is 57.4. The second kappa shape index (κ2) is 27.7. The van der Waals surface area contributed by atoms with Crippen LogP contribution in [0.4, 0.5) is 0 Å². The first-order valence-corrected chi connectivity index (χ1v) is 44.9. The predicted octanol–water partition coefficient (Wildman–Crippen LogP) is 15.0. The van der Waals surface area contributed by atoms with E-state index in [0.717, 1.165) is 23.1 Å². The van der Waals surface area contributed by atoms with Gasteiger partial charge < -0.3 is 56.0 Å². The van der Waals surface area contributed by atoms with Crippen LogP contribution in [0.25, 0.3) is 0 Å². The van der Waals surface area contributed by atoms with Crippen molar-refractivity contribution in [2.45, 2.75) is 302 Å². The van der Waals surface area contributed by atoms with E-state index in [0.29, 0.717) is 51.0 Å². The van der Waals surface area contributed by atoms with Gasteiger partial charge in [0.15, 0.2) is 45.8 Å². The van der Waals surface area contributed by atoms with Crippen LogP contribution in [0.2, 0.25) is 75.5 Å². The lowest BCUT2D eigenvalue weighted by Crippen LogP contribution is -2.63. The minimum Gasteiger partial charge on any atom is -0.414 e. The Hall–Kier alpha value is -1.24. The van der Waals surface area contributed by atoms with Gasteiger partial charge in [0, 0.05) is 39.4 Å². The maximum absolute atomic E-state index is 15.7. The average Bonchev–Trinajstić information content (AvgIpc) is 1.50. The zero-order chi connectivity index (χ0) is 63.1. The predicted molar refractivity (Wildman–Crippen MR) is 349 cm³/mol.